The number of hydrogen-bond donors (Lipinski definition) is 1. The topological polar surface area (TPSA) is 60.1 Å². The lowest BCUT2D eigenvalue weighted by Crippen LogP contribution is -2.44. The van der Waals surface area contributed by atoms with Crippen molar-refractivity contribution in [1.29, 1.82) is 0 Å². The van der Waals surface area contributed by atoms with E-state index >= 15 is 0 Å². The smallest absolute Gasteiger partial charge is 0.191 e. The zero-order valence-corrected chi connectivity index (χ0v) is 12.5. The number of nitrogens with zero attached hydrogens (tertiary/aromatic N) is 2. The number of morpholine rings is 1. The minimum absolute atomic E-state index is 0. The zero-order chi connectivity index (χ0) is 11.6. The standard InChI is InChI=1S/C11H21N3O2.HI/c1-2-3-7-15-8-4-13-11(12)14-5-9-16-10-6-14;/h2H,1,3-10H2,(H2,12,13);1H. The van der Waals surface area contributed by atoms with E-state index in [9.17, 15) is 0 Å². The minimum Gasteiger partial charge on any atom is -0.379 e. The summed E-state index contributed by atoms with van der Waals surface area (Å²) in [6.07, 6.45) is 2.72. The van der Waals surface area contributed by atoms with Crippen molar-refractivity contribution < 1.29 is 9.47 Å². The predicted molar refractivity (Wildman–Crippen MR) is 79.9 cm³/mol. The van der Waals surface area contributed by atoms with Crippen molar-refractivity contribution in [2.45, 2.75) is 6.42 Å². The van der Waals surface area contributed by atoms with Gasteiger partial charge in [-0.15, -0.1) is 30.6 Å². The Morgan fingerprint density at radius 3 is 2.76 bits per heavy atom. The third-order valence-electron chi connectivity index (χ3n) is 2.31. The quantitative estimate of drug-likeness (QED) is 0.252. The summed E-state index contributed by atoms with van der Waals surface area (Å²) in [5.74, 6) is 0.593. The van der Waals surface area contributed by atoms with Gasteiger partial charge in [-0.25, -0.2) is 0 Å². The average molecular weight is 355 g/mol. The molecule has 0 aliphatic carbocycles. The summed E-state index contributed by atoms with van der Waals surface area (Å²) in [5.41, 5.74) is 5.84. The first-order valence-electron chi connectivity index (χ1n) is 5.66. The molecule has 0 aromatic carbocycles. The molecule has 100 valence electrons. The molecule has 0 aromatic rings. The molecule has 0 spiro atoms. The fourth-order valence-electron chi connectivity index (χ4n) is 1.39. The van der Waals surface area contributed by atoms with Gasteiger partial charge in [0, 0.05) is 13.1 Å². The lowest BCUT2D eigenvalue weighted by molar-refractivity contribution is 0.0673. The Hall–Kier alpha value is -0.340. The van der Waals surface area contributed by atoms with Crippen molar-refractivity contribution in [2.75, 3.05) is 46.1 Å². The van der Waals surface area contributed by atoms with Crippen LogP contribution in [0.15, 0.2) is 17.6 Å². The maximum atomic E-state index is 5.84. The van der Waals surface area contributed by atoms with E-state index in [1.54, 1.807) is 0 Å². The van der Waals surface area contributed by atoms with Gasteiger partial charge in [0.05, 0.1) is 33.0 Å². The fraction of sp³-hybridized carbons (Fsp3) is 0.727. The van der Waals surface area contributed by atoms with Crippen LogP contribution in [0, 0.1) is 0 Å². The highest BCUT2D eigenvalue weighted by atomic mass is 127. The largest absolute Gasteiger partial charge is 0.379 e. The van der Waals surface area contributed by atoms with Crippen LogP contribution in [0.1, 0.15) is 6.42 Å². The number of rotatable bonds is 6. The second-order valence-corrected chi connectivity index (χ2v) is 3.53. The van der Waals surface area contributed by atoms with Crippen LogP contribution in [0.3, 0.4) is 0 Å². The van der Waals surface area contributed by atoms with Gasteiger partial charge < -0.3 is 20.1 Å². The molecule has 1 fully saturated rings. The molecule has 1 saturated heterocycles. The highest BCUT2D eigenvalue weighted by Crippen LogP contribution is 1.95. The third kappa shape index (κ3) is 7.56. The monoisotopic (exact) mass is 355 g/mol. The second-order valence-electron chi connectivity index (χ2n) is 3.53. The lowest BCUT2D eigenvalue weighted by atomic mass is 10.4. The van der Waals surface area contributed by atoms with Gasteiger partial charge in [0.15, 0.2) is 5.96 Å². The number of nitrogens with two attached hydrogens (primary N) is 1. The number of hydrogen-bond acceptors (Lipinski definition) is 3. The van der Waals surface area contributed by atoms with Crippen LogP contribution in [0.4, 0.5) is 0 Å². The Morgan fingerprint density at radius 1 is 1.41 bits per heavy atom. The Bertz CT molecular complexity index is 231. The summed E-state index contributed by atoms with van der Waals surface area (Å²) >= 11 is 0. The van der Waals surface area contributed by atoms with E-state index in [4.69, 9.17) is 15.2 Å². The van der Waals surface area contributed by atoms with E-state index in [0.29, 0.717) is 25.7 Å². The van der Waals surface area contributed by atoms with E-state index in [1.807, 2.05) is 11.0 Å². The van der Waals surface area contributed by atoms with Crippen LogP contribution < -0.4 is 5.73 Å². The number of ether oxygens (including phenoxy) is 2. The van der Waals surface area contributed by atoms with Crippen molar-refractivity contribution in [1.82, 2.24) is 4.90 Å². The molecular weight excluding hydrogens is 333 g/mol. The molecule has 1 aliphatic rings. The minimum atomic E-state index is 0. The van der Waals surface area contributed by atoms with E-state index in [1.165, 1.54) is 0 Å². The fourth-order valence-corrected chi connectivity index (χ4v) is 1.39. The van der Waals surface area contributed by atoms with Gasteiger partial charge in [-0.2, -0.15) is 0 Å². The van der Waals surface area contributed by atoms with E-state index in [2.05, 4.69) is 11.6 Å². The number of aliphatic imine (C=N–C) groups is 1. The average Bonchev–Trinajstić information content (AvgIpc) is 2.34. The normalized spacial score (nSPS) is 16.5. The second kappa shape index (κ2) is 10.8. The molecule has 5 nitrogen and oxygen atoms in total. The molecule has 1 rings (SSSR count). The van der Waals surface area contributed by atoms with Crippen LogP contribution in [0.25, 0.3) is 0 Å². The summed E-state index contributed by atoms with van der Waals surface area (Å²) in [6, 6.07) is 0. The zero-order valence-electron chi connectivity index (χ0n) is 10.1. The van der Waals surface area contributed by atoms with Gasteiger partial charge >= 0.3 is 0 Å². The van der Waals surface area contributed by atoms with Crippen LogP contribution >= 0.6 is 24.0 Å². The van der Waals surface area contributed by atoms with Crippen LogP contribution in [-0.2, 0) is 9.47 Å². The highest BCUT2D eigenvalue weighted by molar-refractivity contribution is 14.0. The lowest BCUT2D eigenvalue weighted by Gasteiger charge is -2.27. The molecule has 17 heavy (non-hydrogen) atoms. The first-order chi connectivity index (χ1) is 7.84. The molecule has 0 atom stereocenters. The molecule has 0 unspecified atom stereocenters. The predicted octanol–water partition coefficient (Wildman–Crippen LogP) is 0.844. The molecular formula is C11H22IN3O2. The maximum Gasteiger partial charge on any atom is 0.191 e. The van der Waals surface area contributed by atoms with Crippen molar-refractivity contribution in [3.63, 3.8) is 0 Å². The molecule has 0 amide bonds. The Balaban J connectivity index is 0.00000256. The van der Waals surface area contributed by atoms with Gasteiger partial charge in [-0.05, 0) is 6.42 Å². The van der Waals surface area contributed by atoms with Crippen molar-refractivity contribution >= 4 is 29.9 Å². The summed E-state index contributed by atoms with van der Waals surface area (Å²) in [6.45, 7) is 8.66. The Kier molecular flexibility index (Phi) is 10.6. The Morgan fingerprint density at radius 2 is 2.12 bits per heavy atom. The molecule has 1 heterocycles. The van der Waals surface area contributed by atoms with Crippen LogP contribution in [0.5, 0.6) is 0 Å². The molecule has 0 bridgehead atoms. The van der Waals surface area contributed by atoms with Gasteiger partial charge in [-0.1, -0.05) is 6.08 Å². The van der Waals surface area contributed by atoms with Gasteiger partial charge in [0.1, 0.15) is 0 Å². The van der Waals surface area contributed by atoms with E-state index in [0.717, 1.165) is 32.7 Å². The van der Waals surface area contributed by atoms with E-state index in [-0.39, 0.29) is 24.0 Å². The first kappa shape index (κ1) is 16.7. The number of guanidine groups is 1. The maximum absolute atomic E-state index is 5.84. The molecule has 0 radical (unpaired) electrons. The molecule has 0 saturated carbocycles. The van der Waals surface area contributed by atoms with Gasteiger partial charge in [0.25, 0.3) is 0 Å². The molecule has 2 N–H and O–H groups in total. The molecule has 6 heteroatoms. The number of halogens is 1. The van der Waals surface area contributed by atoms with Crippen molar-refractivity contribution in [3.05, 3.63) is 12.7 Å². The third-order valence-corrected chi connectivity index (χ3v) is 2.31. The summed E-state index contributed by atoms with van der Waals surface area (Å²) in [7, 11) is 0. The summed E-state index contributed by atoms with van der Waals surface area (Å²) in [4.78, 5) is 6.29. The van der Waals surface area contributed by atoms with Gasteiger partial charge in [0.2, 0.25) is 0 Å². The van der Waals surface area contributed by atoms with Crippen molar-refractivity contribution in [2.24, 2.45) is 10.7 Å². The molecule has 1 aliphatic heterocycles. The van der Waals surface area contributed by atoms with Crippen molar-refractivity contribution in [3.8, 4) is 0 Å². The Labute approximate surface area is 120 Å². The van der Waals surface area contributed by atoms with Gasteiger partial charge in [-0.3, -0.25) is 4.99 Å². The van der Waals surface area contributed by atoms with Crippen LogP contribution in [0.2, 0.25) is 0 Å². The molecule has 0 aromatic heterocycles. The SMILES string of the molecule is C=CCCOCCN=C(N)N1CCOCC1.I. The summed E-state index contributed by atoms with van der Waals surface area (Å²) < 4.78 is 10.6. The first-order valence-corrected chi connectivity index (χ1v) is 5.66. The summed E-state index contributed by atoms with van der Waals surface area (Å²) in [5, 5.41) is 0. The van der Waals surface area contributed by atoms with E-state index < -0.39 is 0 Å². The highest BCUT2D eigenvalue weighted by Gasteiger charge is 2.11. The van der Waals surface area contributed by atoms with Crippen LogP contribution in [-0.4, -0.2) is 56.9 Å².